The molecule has 4 rings (SSSR count). The van der Waals surface area contributed by atoms with Gasteiger partial charge in [0.25, 0.3) is 5.56 Å². The third-order valence-electron chi connectivity index (χ3n) is 6.36. The van der Waals surface area contributed by atoms with Gasteiger partial charge in [-0.25, -0.2) is 13.4 Å². The monoisotopic (exact) mass is 517 g/mol. The van der Waals surface area contributed by atoms with Crippen molar-refractivity contribution in [2.24, 2.45) is 13.0 Å². The topological polar surface area (TPSA) is 147 Å². The van der Waals surface area contributed by atoms with Gasteiger partial charge in [0.2, 0.25) is 10.0 Å². The lowest BCUT2D eigenvalue weighted by molar-refractivity contribution is -0.142. The average Bonchev–Trinajstić information content (AvgIpc) is 3.18. The van der Waals surface area contributed by atoms with Crippen LogP contribution in [0, 0.1) is 5.92 Å². The third kappa shape index (κ3) is 4.87. The van der Waals surface area contributed by atoms with Crippen LogP contribution in [0.25, 0.3) is 22.4 Å². The number of ether oxygens (including phenoxy) is 1. The normalized spacial score (nSPS) is 15.4. The Balaban J connectivity index is 1.80. The van der Waals surface area contributed by atoms with Crippen LogP contribution >= 0.6 is 0 Å². The summed E-state index contributed by atoms with van der Waals surface area (Å²) in [6.45, 7) is 4.62. The fourth-order valence-corrected chi connectivity index (χ4v) is 5.96. The minimum atomic E-state index is -3.90. The number of nitrogens with one attached hydrogen (secondary N) is 1. The highest BCUT2D eigenvalue weighted by molar-refractivity contribution is 7.89. The van der Waals surface area contributed by atoms with E-state index in [-0.39, 0.29) is 42.2 Å². The highest BCUT2D eigenvalue weighted by atomic mass is 32.2. The van der Waals surface area contributed by atoms with E-state index < -0.39 is 21.9 Å². The average molecular weight is 518 g/mol. The predicted molar refractivity (Wildman–Crippen MR) is 133 cm³/mol. The molecule has 1 aliphatic rings. The van der Waals surface area contributed by atoms with Crippen LogP contribution in [0.4, 0.5) is 0 Å². The highest BCUT2D eigenvalue weighted by Gasteiger charge is 2.32. The largest absolute Gasteiger partial charge is 0.493 e. The van der Waals surface area contributed by atoms with Crippen molar-refractivity contribution in [3.8, 4) is 17.1 Å². The molecule has 0 spiro atoms. The molecule has 11 nitrogen and oxygen atoms in total. The second-order valence-corrected chi connectivity index (χ2v) is 10.9. The SMILES string of the molecule is CCCOc1ccc(S(=O)(=O)N2CCC(C(=O)O)CC2)cc1-c1nc2c(CCC)nn(C)c2c(=O)[nH]1. The minimum absolute atomic E-state index is 0.0258. The first kappa shape index (κ1) is 25.8. The van der Waals surface area contributed by atoms with Crippen molar-refractivity contribution in [2.45, 2.75) is 50.8 Å². The molecular formula is C24H31N5O6S. The number of nitrogens with zero attached hydrogens (tertiary/aromatic N) is 4. The maximum absolute atomic E-state index is 13.4. The molecule has 1 aliphatic heterocycles. The van der Waals surface area contributed by atoms with E-state index in [2.05, 4.69) is 15.1 Å². The summed E-state index contributed by atoms with van der Waals surface area (Å²) >= 11 is 0. The number of benzene rings is 1. The summed E-state index contributed by atoms with van der Waals surface area (Å²) < 4.78 is 35.5. The molecule has 0 aliphatic carbocycles. The fraction of sp³-hybridized carbons (Fsp3) is 0.500. The Morgan fingerprint density at radius 1 is 1.22 bits per heavy atom. The van der Waals surface area contributed by atoms with E-state index in [1.807, 2.05) is 13.8 Å². The smallest absolute Gasteiger partial charge is 0.306 e. The summed E-state index contributed by atoms with van der Waals surface area (Å²) in [4.78, 5) is 31.7. The van der Waals surface area contributed by atoms with Crippen molar-refractivity contribution < 1.29 is 23.1 Å². The molecule has 194 valence electrons. The molecule has 0 bridgehead atoms. The molecular weight excluding hydrogens is 486 g/mol. The zero-order valence-corrected chi connectivity index (χ0v) is 21.5. The second-order valence-electron chi connectivity index (χ2n) is 8.96. The first-order valence-electron chi connectivity index (χ1n) is 12.1. The number of aromatic amines is 1. The summed E-state index contributed by atoms with van der Waals surface area (Å²) in [5, 5.41) is 13.7. The van der Waals surface area contributed by atoms with Gasteiger partial charge in [-0.3, -0.25) is 14.3 Å². The van der Waals surface area contributed by atoms with Gasteiger partial charge >= 0.3 is 5.97 Å². The molecule has 0 unspecified atom stereocenters. The lowest BCUT2D eigenvalue weighted by Gasteiger charge is -2.29. The number of fused-ring (bicyclic) bond motifs is 1. The van der Waals surface area contributed by atoms with E-state index in [1.54, 1.807) is 13.1 Å². The quantitative estimate of drug-likeness (QED) is 0.440. The number of aliphatic carboxylic acids is 1. The molecule has 0 atom stereocenters. The number of piperidine rings is 1. The van der Waals surface area contributed by atoms with Gasteiger partial charge in [0, 0.05) is 20.1 Å². The number of carboxylic acid groups (broad SMARTS) is 1. The van der Waals surface area contributed by atoms with Gasteiger partial charge in [0.05, 0.1) is 28.7 Å². The molecule has 2 N–H and O–H groups in total. The Bertz CT molecular complexity index is 1440. The molecule has 1 saturated heterocycles. The van der Waals surface area contributed by atoms with Crippen LogP contribution in [0.15, 0.2) is 27.9 Å². The van der Waals surface area contributed by atoms with E-state index in [4.69, 9.17) is 4.74 Å². The summed E-state index contributed by atoms with van der Waals surface area (Å²) in [7, 11) is -2.21. The maximum Gasteiger partial charge on any atom is 0.306 e. The van der Waals surface area contributed by atoms with Crippen molar-refractivity contribution in [2.75, 3.05) is 19.7 Å². The molecule has 3 heterocycles. The number of carbonyl (C=O) groups is 1. The van der Waals surface area contributed by atoms with E-state index in [1.165, 1.54) is 21.1 Å². The zero-order valence-electron chi connectivity index (χ0n) is 20.7. The van der Waals surface area contributed by atoms with Gasteiger partial charge < -0.3 is 14.8 Å². The Kier molecular flexibility index (Phi) is 7.46. The maximum atomic E-state index is 13.4. The molecule has 36 heavy (non-hydrogen) atoms. The van der Waals surface area contributed by atoms with Crippen molar-refractivity contribution >= 4 is 27.0 Å². The lowest BCUT2D eigenvalue weighted by Crippen LogP contribution is -2.40. The Labute approximate surface area is 209 Å². The zero-order chi connectivity index (χ0) is 26.0. The summed E-state index contributed by atoms with van der Waals surface area (Å²) in [5.74, 6) is -0.848. The predicted octanol–water partition coefficient (Wildman–Crippen LogP) is 2.55. The second kappa shape index (κ2) is 10.4. The van der Waals surface area contributed by atoms with E-state index in [0.717, 1.165) is 12.8 Å². The molecule has 0 saturated carbocycles. The molecule has 12 heteroatoms. The van der Waals surface area contributed by atoms with Crippen LogP contribution in [0.3, 0.4) is 0 Å². The highest BCUT2D eigenvalue weighted by Crippen LogP contribution is 2.33. The number of sulfonamides is 1. The number of aryl methyl sites for hydroxylation is 2. The summed E-state index contributed by atoms with van der Waals surface area (Å²) in [5.41, 5.74) is 1.50. The number of hydrogen-bond donors (Lipinski definition) is 2. The first-order valence-corrected chi connectivity index (χ1v) is 13.6. The fourth-order valence-electron chi connectivity index (χ4n) is 4.46. The Morgan fingerprint density at radius 3 is 2.58 bits per heavy atom. The van der Waals surface area contributed by atoms with Crippen molar-refractivity contribution in [1.82, 2.24) is 24.1 Å². The summed E-state index contributed by atoms with van der Waals surface area (Å²) in [6.07, 6.45) is 2.72. The standard InChI is InChI=1S/C24H31N5O6S/c1-4-6-18-20-21(28(3)27-18)23(30)26-22(25-20)17-14-16(7-8-19(17)35-13-5-2)36(33,34)29-11-9-15(10-12-29)24(31)32/h7-8,14-15H,4-6,9-13H2,1-3H3,(H,31,32)(H,25,26,30). The van der Waals surface area contributed by atoms with Crippen molar-refractivity contribution in [1.29, 1.82) is 0 Å². The van der Waals surface area contributed by atoms with Crippen LogP contribution in [0.5, 0.6) is 5.75 Å². The first-order chi connectivity index (χ1) is 17.2. The van der Waals surface area contributed by atoms with Crippen molar-refractivity contribution in [3.63, 3.8) is 0 Å². The Morgan fingerprint density at radius 2 is 1.94 bits per heavy atom. The van der Waals surface area contributed by atoms with E-state index in [0.29, 0.717) is 41.1 Å². The molecule has 0 radical (unpaired) electrons. The molecule has 1 fully saturated rings. The van der Waals surface area contributed by atoms with Gasteiger partial charge in [-0.1, -0.05) is 20.3 Å². The van der Waals surface area contributed by atoms with Gasteiger partial charge in [-0.05, 0) is 43.9 Å². The molecule has 2 aromatic heterocycles. The Hall–Kier alpha value is -3.25. The lowest BCUT2D eigenvalue weighted by atomic mass is 9.99. The third-order valence-corrected chi connectivity index (χ3v) is 8.25. The van der Waals surface area contributed by atoms with Crippen LogP contribution in [-0.4, -0.2) is 63.2 Å². The minimum Gasteiger partial charge on any atom is -0.493 e. The number of carboxylic acids is 1. The van der Waals surface area contributed by atoms with Crippen LogP contribution in [0.2, 0.25) is 0 Å². The van der Waals surface area contributed by atoms with Gasteiger partial charge in [-0.2, -0.15) is 9.40 Å². The van der Waals surface area contributed by atoms with Crippen LogP contribution in [-0.2, 0) is 28.3 Å². The van der Waals surface area contributed by atoms with Crippen LogP contribution < -0.4 is 10.3 Å². The number of rotatable bonds is 9. The van der Waals surface area contributed by atoms with E-state index in [9.17, 15) is 23.1 Å². The number of hydrogen-bond acceptors (Lipinski definition) is 7. The molecule has 3 aromatic rings. The van der Waals surface area contributed by atoms with Crippen LogP contribution in [0.1, 0.15) is 45.2 Å². The van der Waals surface area contributed by atoms with Gasteiger partial charge in [0.1, 0.15) is 17.1 Å². The molecule has 0 amide bonds. The van der Waals surface area contributed by atoms with Crippen molar-refractivity contribution in [3.05, 3.63) is 34.2 Å². The molecule has 1 aromatic carbocycles. The van der Waals surface area contributed by atoms with E-state index >= 15 is 0 Å². The summed E-state index contributed by atoms with van der Waals surface area (Å²) in [6, 6.07) is 4.50. The van der Waals surface area contributed by atoms with Gasteiger partial charge in [-0.15, -0.1) is 0 Å². The number of H-pyrrole nitrogens is 1. The number of aromatic nitrogens is 4. The van der Waals surface area contributed by atoms with Gasteiger partial charge in [0.15, 0.2) is 5.52 Å².